The van der Waals surface area contributed by atoms with E-state index in [9.17, 15) is 5.11 Å². The molecule has 9 aromatic rings. The standard InChI is InChI=1S/C70H78BN3O/c1-42-31-44(3)62(45(4)32-42)71(63-46(5)33-43(2)34-47(63)6)54-29-30-72-59(41-54)50-35-49(36-52(37-50)68(10,11)12)55-25-22-26-61-64(55)73-66(57-39-53(69(13,14)15)40-58(65(57)75)70(16,17)18)74(61)60-28-27-51(67(7,8)9)38-56(60)48-23-20-19-21-24-48/h19-41,75H,1-18H3. The van der Waals surface area contributed by atoms with Gasteiger partial charge in [0.25, 0.3) is 0 Å². The molecule has 7 aromatic carbocycles. The molecule has 0 spiro atoms. The van der Waals surface area contributed by atoms with Gasteiger partial charge in [-0.15, -0.1) is 0 Å². The molecule has 0 radical (unpaired) electrons. The summed E-state index contributed by atoms with van der Waals surface area (Å²) in [7, 11) is 0. The van der Waals surface area contributed by atoms with Crippen molar-refractivity contribution < 1.29 is 5.11 Å². The fraction of sp³-hybridized carbons (Fsp3) is 0.314. The summed E-state index contributed by atoms with van der Waals surface area (Å²) in [5.74, 6) is 0.956. The van der Waals surface area contributed by atoms with Crippen molar-refractivity contribution in [3.8, 4) is 56.3 Å². The molecular weight excluding hydrogens is 910 g/mol. The highest BCUT2D eigenvalue weighted by atomic mass is 16.3. The zero-order valence-corrected chi connectivity index (χ0v) is 48.1. The Hall–Kier alpha value is -6.98. The highest BCUT2D eigenvalue weighted by Crippen LogP contribution is 2.46. The van der Waals surface area contributed by atoms with E-state index in [0.717, 1.165) is 61.4 Å². The highest BCUT2D eigenvalue weighted by Gasteiger charge is 2.32. The molecule has 0 saturated carbocycles. The van der Waals surface area contributed by atoms with E-state index in [1.165, 1.54) is 60.9 Å². The van der Waals surface area contributed by atoms with Crippen LogP contribution in [-0.2, 0) is 21.7 Å². The van der Waals surface area contributed by atoms with Crippen LogP contribution in [0.1, 0.15) is 139 Å². The second kappa shape index (κ2) is 19.3. The van der Waals surface area contributed by atoms with Gasteiger partial charge >= 0.3 is 0 Å². The number of benzene rings is 7. The number of hydrogen-bond acceptors (Lipinski definition) is 3. The minimum atomic E-state index is -0.337. The van der Waals surface area contributed by atoms with Crippen molar-refractivity contribution in [3.05, 3.63) is 195 Å². The number of aryl methyl sites for hydroxylation is 6. The summed E-state index contributed by atoms with van der Waals surface area (Å²) in [4.78, 5) is 11.0. The second-order valence-corrected chi connectivity index (χ2v) is 25.8. The first-order chi connectivity index (χ1) is 35.1. The molecule has 9 rings (SSSR count). The van der Waals surface area contributed by atoms with Gasteiger partial charge in [0, 0.05) is 28.5 Å². The fourth-order valence-corrected chi connectivity index (χ4v) is 11.5. The summed E-state index contributed by atoms with van der Waals surface area (Å²) in [6.07, 6.45) is 2.01. The second-order valence-electron chi connectivity index (χ2n) is 25.8. The Labute approximate surface area is 449 Å². The largest absolute Gasteiger partial charge is 0.507 e. The maximum atomic E-state index is 12.7. The van der Waals surface area contributed by atoms with Gasteiger partial charge in [0.2, 0.25) is 6.71 Å². The van der Waals surface area contributed by atoms with Crippen LogP contribution in [-0.4, -0.2) is 26.4 Å². The van der Waals surface area contributed by atoms with Crippen LogP contribution in [0.25, 0.3) is 61.6 Å². The van der Waals surface area contributed by atoms with Gasteiger partial charge in [-0.25, -0.2) is 4.98 Å². The van der Waals surface area contributed by atoms with E-state index in [4.69, 9.17) is 9.97 Å². The predicted molar refractivity (Wildman–Crippen MR) is 323 cm³/mol. The van der Waals surface area contributed by atoms with Gasteiger partial charge < -0.3 is 5.11 Å². The van der Waals surface area contributed by atoms with E-state index in [2.05, 4.69) is 263 Å². The Kier molecular flexibility index (Phi) is 13.6. The van der Waals surface area contributed by atoms with Crippen LogP contribution in [0.3, 0.4) is 0 Å². The van der Waals surface area contributed by atoms with Crippen LogP contribution >= 0.6 is 0 Å². The first-order valence-corrected chi connectivity index (χ1v) is 27.0. The van der Waals surface area contributed by atoms with Gasteiger partial charge in [-0.2, -0.15) is 0 Å². The van der Waals surface area contributed by atoms with Gasteiger partial charge in [-0.05, 0) is 140 Å². The van der Waals surface area contributed by atoms with Crippen molar-refractivity contribution >= 4 is 34.1 Å². The molecule has 2 heterocycles. The number of phenolic OH excluding ortho intramolecular Hbond substituents is 1. The Morgan fingerprint density at radius 2 is 1.00 bits per heavy atom. The maximum Gasteiger partial charge on any atom is 0.242 e. The van der Waals surface area contributed by atoms with Crippen LogP contribution in [0.4, 0.5) is 0 Å². The van der Waals surface area contributed by atoms with Crippen molar-refractivity contribution in [2.24, 2.45) is 0 Å². The predicted octanol–water partition coefficient (Wildman–Crippen LogP) is 16.4. The Bertz CT molecular complexity index is 3560. The molecule has 5 heteroatoms. The normalized spacial score (nSPS) is 12.5. The number of aromatic hydroxyl groups is 1. The molecule has 0 saturated heterocycles. The van der Waals surface area contributed by atoms with Crippen molar-refractivity contribution in [1.29, 1.82) is 0 Å². The lowest BCUT2D eigenvalue weighted by Crippen LogP contribution is -2.55. The van der Waals surface area contributed by atoms with Crippen LogP contribution in [0.2, 0.25) is 0 Å². The van der Waals surface area contributed by atoms with Crippen LogP contribution in [0.5, 0.6) is 5.75 Å². The summed E-state index contributed by atoms with van der Waals surface area (Å²) < 4.78 is 2.31. The molecule has 0 aliphatic carbocycles. The molecule has 0 aliphatic heterocycles. The van der Waals surface area contributed by atoms with Gasteiger partial charge in [-0.1, -0.05) is 218 Å². The average molecular weight is 988 g/mol. The fourth-order valence-electron chi connectivity index (χ4n) is 11.5. The number of hydrogen-bond donors (Lipinski definition) is 1. The molecule has 2 aromatic heterocycles. The Balaban J connectivity index is 1.34. The summed E-state index contributed by atoms with van der Waals surface area (Å²) in [6.45, 7) is 40.4. The first kappa shape index (κ1) is 52.9. The lowest BCUT2D eigenvalue weighted by Gasteiger charge is -2.28. The smallest absolute Gasteiger partial charge is 0.242 e. The SMILES string of the molecule is Cc1cc(C)c(B(c2ccnc(-c3cc(-c4cccc5c4nc(-c4cc(C(C)(C)C)cc(C(C)(C)C)c4O)n5-c4ccc(C(C)(C)C)cc4-c4ccccc4)cc(C(C)(C)C)c3)c2)c2c(C)cc(C)cc2C)c(C)c1. The van der Waals surface area contributed by atoms with E-state index in [1.54, 1.807) is 0 Å². The maximum absolute atomic E-state index is 12.7. The molecule has 0 amide bonds. The van der Waals surface area contributed by atoms with Gasteiger partial charge in [0.15, 0.2) is 0 Å². The Morgan fingerprint density at radius 3 is 1.56 bits per heavy atom. The highest BCUT2D eigenvalue weighted by molar-refractivity contribution is 6.96. The molecule has 0 bridgehead atoms. The van der Waals surface area contributed by atoms with Crippen molar-refractivity contribution in [2.75, 3.05) is 0 Å². The topological polar surface area (TPSA) is 50.9 Å². The van der Waals surface area contributed by atoms with E-state index >= 15 is 0 Å². The summed E-state index contributed by atoms with van der Waals surface area (Å²) in [5.41, 5.74) is 25.2. The van der Waals surface area contributed by atoms with Crippen LogP contribution in [0, 0.1) is 41.5 Å². The molecule has 0 atom stereocenters. The molecule has 1 N–H and O–H groups in total. The lowest BCUT2D eigenvalue weighted by molar-refractivity contribution is 0.446. The zero-order valence-electron chi connectivity index (χ0n) is 48.1. The van der Waals surface area contributed by atoms with Crippen molar-refractivity contribution in [2.45, 2.75) is 146 Å². The number of imidazole rings is 1. The van der Waals surface area contributed by atoms with E-state index in [-0.39, 0.29) is 34.1 Å². The monoisotopic (exact) mass is 988 g/mol. The average Bonchev–Trinajstić information content (AvgIpc) is 3.74. The molecule has 0 aliphatic rings. The van der Waals surface area contributed by atoms with E-state index in [0.29, 0.717) is 11.4 Å². The number of pyridine rings is 1. The number of rotatable bonds is 8. The summed E-state index contributed by atoms with van der Waals surface area (Å²) >= 11 is 0. The van der Waals surface area contributed by atoms with Gasteiger partial charge in [0.1, 0.15) is 11.6 Å². The number of fused-ring (bicyclic) bond motifs is 1. The van der Waals surface area contributed by atoms with Crippen LogP contribution < -0.4 is 16.4 Å². The van der Waals surface area contributed by atoms with Crippen molar-refractivity contribution in [1.82, 2.24) is 14.5 Å². The van der Waals surface area contributed by atoms with E-state index in [1.807, 2.05) is 6.20 Å². The number of nitrogens with zero attached hydrogens (tertiary/aromatic N) is 3. The molecule has 0 unspecified atom stereocenters. The lowest BCUT2D eigenvalue weighted by atomic mass is 9.34. The van der Waals surface area contributed by atoms with Gasteiger partial charge in [0.05, 0.1) is 28.0 Å². The molecule has 0 fully saturated rings. The Morgan fingerprint density at radius 1 is 0.453 bits per heavy atom. The molecular formula is C70H78BN3O. The minimum absolute atomic E-state index is 0.0135. The molecule has 382 valence electrons. The van der Waals surface area contributed by atoms with E-state index < -0.39 is 0 Å². The quantitative estimate of drug-likeness (QED) is 0.154. The minimum Gasteiger partial charge on any atom is -0.507 e. The molecule has 75 heavy (non-hydrogen) atoms. The van der Waals surface area contributed by atoms with Gasteiger partial charge in [-0.3, -0.25) is 9.55 Å². The number of phenols is 1. The third kappa shape index (κ3) is 10.3. The third-order valence-corrected chi connectivity index (χ3v) is 15.5. The summed E-state index contributed by atoms with van der Waals surface area (Å²) in [6, 6.07) is 49.4. The number of para-hydroxylation sites is 1. The third-order valence-electron chi connectivity index (χ3n) is 15.5. The number of aromatic nitrogens is 3. The first-order valence-electron chi connectivity index (χ1n) is 27.0. The van der Waals surface area contributed by atoms with Crippen molar-refractivity contribution in [3.63, 3.8) is 0 Å². The molecule has 4 nitrogen and oxygen atoms in total. The van der Waals surface area contributed by atoms with Crippen LogP contribution in [0.15, 0.2) is 140 Å². The zero-order chi connectivity index (χ0) is 54.3. The summed E-state index contributed by atoms with van der Waals surface area (Å²) in [5, 5.41) is 12.7.